The van der Waals surface area contributed by atoms with Crippen molar-refractivity contribution in [3.63, 3.8) is 0 Å². The van der Waals surface area contributed by atoms with Gasteiger partial charge in [0.1, 0.15) is 5.82 Å². The maximum absolute atomic E-state index is 13.1. The van der Waals surface area contributed by atoms with Gasteiger partial charge in [-0.1, -0.05) is 34.8 Å². The van der Waals surface area contributed by atoms with Crippen molar-refractivity contribution in [2.75, 3.05) is 0 Å². The average molecular weight is 278 g/mol. The summed E-state index contributed by atoms with van der Waals surface area (Å²) in [5.41, 5.74) is 0.995. The van der Waals surface area contributed by atoms with Crippen molar-refractivity contribution in [1.29, 1.82) is 0 Å². The Hall–Kier alpha value is -0.900. The fourth-order valence-electron chi connectivity index (χ4n) is 1.26. The molecule has 1 aromatic carbocycles. The normalized spacial score (nSPS) is 10.5. The minimum absolute atomic E-state index is 0.145. The number of aromatic nitrogens is 2. The van der Waals surface area contributed by atoms with Crippen LogP contribution in [0.4, 0.5) is 4.39 Å². The van der Waals surface area contributed by atoms with Crippen LogP contribution in [0.15, 0.2) is 24.3 Å². The zero-order valence-electron chi connectivity index (χ0n) is 7.72. The summed E-state index contributed by atoms with van der Waals surface area (Å²) in [5.74, 6) is -0.452. The van der Waals surface area contributed by atoms with Crippen LogP contribution in [0.2, 0.25) is 15.3 Å². The molecule has 0 aliphatic carbocycles. The maximum Gasteiger partial charge on any atom is 0.159 e. The molecular weight excluding hydrogens is 273 g/mol. The number of halogens is 4. The van der Waals surface area contributed by atoms with Gasteiger partial charge in [0.25, 0.3) is 0 Å². The summed E-state index contributed by atoms with van der Waals surface area (Å²) in [7, 11) is 0. The molecule has 0 aliphatic rings. The highest BCUT2D eigenvalue weighted by Gasteiger charge is 2.09. The molecule has 0 fully saturated rings. The van der Waals surface area contributed by atoms with Gasteiger partial charge >= 0.3 is 0 Å². The molecule has 0 radical (unpaired) electrons. The third kappa shape index (κ3) is 2.43. The molecule has 2 rings (SSSR count). The van der Waals surface area contributed by atoms with E-state index in [0.29, 0.717) is 11.1 Å². The first-order chi connectivity index (χ1) is 7.56. The first-order valence-corrected chi connectivity index (χ1v) is 5.35. The highest BCUT2D eigenvalue weighted by Crippen LogP contribution is 2.30. The third-order valence-corrected chi connectivity index (χ3v) is 2.57. The number of nitrogens with zero attached hydrogens (tertiary/aromatic N) is 2. The minimum atomic E-state index is -0.452. The Bertz CT molecular complexity index is 525. The zero-order chi connectivity index (χ0) is 11.7. The lowest BCUT2D eigenvalue weighted by molar-refractivity contribution is 0.628. The Morgan fingerprint density at radius 1 is 0.938 bits per heavy atom. The molecule has 0 aliphatic heterocycles. The SMILES string of the molecule is Fc1cc(Cl)cc(-c2cc(Cl)nnc2Cl)c1. The van der Waals surface area contributed by atoms with Crippen molar-refractivity contribution in [2.45, 2.75) is 0 Å². The van der Waals surface area contributed by atoms with E-state index in [2.05, 4.69) is 10.2 Å². The van der Waals surface area contributed by atoms with Gasteiger partial charge in [0.15, 0.2) is 10.3 Å². The fraction of sp³-hybridized carbons (Fsp3) is 0. The summed E-state index contributed by atoms with van der Waals surface area (Å²) in [4.78, 5) is 0. The van der Waals surface area contributed by atoms with E-state index in [1.54, 1.807) is 6.07 Å². The molecule has 0 saturated carbocycles. The summed E-state index contributed by atoms with van der Waals surface area (Å²) in [5, 5.41) is 7.80. The van der Waals surface area contributed by atoms with Gasteiger partial charge in [-0.3, -0.25) is 0 Å². The summed E-state index contributed by atoms with van der Waals surface area (Å²) in [6.07, 6.45) is 0. The molecule has 2 nitrogen and oxygen atoms in total. The van der Waals surface area contributed by atoms with Crippen LogP contribution in [-0.2, 0) is 0 Å². The van der Waals surface area contributed by atoms with Crippen molar-refractivity contribution < 1.29 is 4.39 Å². The summed E-state index contributed by atoms with van der Waals surface area (Å²) in [6.45, 7) is 0. The van der Waals surface area contributed by atoms with Crippen LogP contribution >= 0.6 is 34.8 Å². The molecule has 6 heteroatoms. The average Bonchev–Trinajstić information content (AvgIpc) is 2.20. The van der Waals surface area contributed by atoms with Crippen LogP contribution in [0.3, 0.4) is 0 Å². The van der Waals surface area contributed by atoms with Crippen LogP contribution in [0.5, 0.6) is 0 Å². The molecule has 0 amide bonds. The maximum atomic E-state index is 13.1. The van der Waals surface area contributed by atoms with E-state index < -0.39 is 5.82 Å². The molecule has 0 atom stereocenters. The van der Waals surface area contributed by atoms with E-state index in [1.807, 2.05) is 0 Å². The lowest BCUT2D eigenvalue weighted by Crippen LogP contribution is -1.89. The second-order valence-corrected chi connectivity index (χ2v) is 4.21. The topological polar surface area (TPSA) is 25.8 Å². The minimum Gasteiger partial charge on any atom is -0.207 e. The standard InChI is InChI=1S/C10H4Cl3FN2/c11-6-1-5(2-7(14)3-6)8-4-9(12)15-16-10(8)13/h1-4H. The van der Waals surface area contributed by atoms with Crippen LogP contribution in [0.25, 0.3) is 11.1 Å². The first-order valence-electron chi connectivity index (χ1n) is 4.21. The van der Waals surface area contributed by atoms with E-state index in [-0.39, 0.29) is 15.3 Å². The number of rotatable bonds is 1. The predicted octanol–water partition coefficient (Wildman–Crippen LogP) is 4.24. The molecule has 1 aromatic heterocycles. The Morgan fingerprint density at radius 2 is 1.69 bits per heavy atom. The zero-order valence-corrected chi connectivity index (χ0v) is 9.98. The fourth-order valence-corrected chi connectivity index (χ4v) is 1.83. The molecule has 0 spiro atoms. The lowest BCUT2D eigenvalue weighted by Gasteiger charge is -2.04. The first kappa shape index (κ1) is 11.6. The number of hydrogen-bond donors (Lipinski definition) is 0. The van der Waals surface area contributed by atoms with E-state index in [0.717, 1.165) is 0 Å². The van der Waals surface area contributed by atoms with E-state index in [1.165, 1.54) is 18.2 Å². The van der Waals surface area contributed by atoms with E-state index in [9.17, 15) is 4.39 Å². The van der Waals surface area contributed by atoms with Gasteiger partial charge in [0.2, 0.25) is 0 Å². The summed E-state index contributed by atoms with van der Waals surface area (Å²) >= 11 is 17.3. The van der Waals surface area contributed by atoms with Gasteiger partial charge in [-0.15, -0.1) is 10.2 Å². The lowest BCUT2D eigenvalue weighted by atomic mass is 10.1. The monoisotopic (exact) mass is 276 g/mol. The van der Waals surface area contributed by atoms with E-state index in [4.69, 9.17) is 34.8 Å². The molecule has 16 heavy (non-hydrogen) atoms. The van der Waals surface area contributed by atoms with Gasteiger partial charge in [0, 0.05) is 10.6 Å². The van der Waals surface area contributed by atoms with Crippen molar-refractivity contribution in [2.24, 2.45) is 0 Å². The predicted molar refractivity (Wildman–Crippen MR) is 62.5 cm³/mol. The van der Waals surface area contributed by atoms with Crippen molar-refractivity contribution in [3.8, 4) is 11.1 Å². The smallest absolute Gasteiger partial charge is 0.159 e. The van der Waals surface area contributed by atoms with E-state index >= 15 is 0 Å². The Labute approximate surface area is 106 Å². The van der Waals surface area contributed by atoms with Gasteiger partial charge < -0.3 is 0 Å². The van der Waals surface area contributed by atoms with Crippen LogP contribution in [0, 0.1) is 5.82 Å². The van der Waals surface area contributed by atoms with Crippen molar-refractivity contribution in [3.05, 3.63) is 45.4 Å². The second-order valence-electron chi connectivity index (χ2n) is 3.03. The molecule has 0 unspecified atom stereocenters. The molecule has 1 heterocycles. The Kier molecular flexibility index (Phi) is 3.28. The molecule has 82 valence electrons. The number of benzene rings is 1. The van der Waals surface area contributed by atoms with Crippen molar-refractivity contribution in [1.82, 2.24) is 10.2 Å². The third-order valence-electron chi connectivity index (χ3n) is 1.89. The van der Waals surface area contributed by atoms with Crippen LogP contribution in [-0.4, -0.2) is 10.2 Å². The number of hydrogen-bond acceptors (Lipinski definition) is 2. The van der Waals surface area contributed by atoms with Gasteiger partial charge in [-0.05, 0) is 29.8 Å². The molecular formula is C10H4Cl3FN2. The van der Waals surface area contributed by atoms with Gasteiger partial charge in [-0.25, -0.2) is 4.39 Å². The quantitative estimate of drug-likeness (QED) is 0.779. The Morgan fingerprint density at radius 3 is 2.38 bits per heavy atom. The molecule has 0 bridgehead atoms. The second kappa shape index (κ2) is 4.53. The van der Waals surface area contributed by atoms with Gasteiger partial charge in [0.05, 0.1) is 0 Å². The van der Waals surface area contributed by atoms with Crippen LogP contribution in [0.1, 0.15) is 0 Å². The molecule has 0 saturated heterocycles. The molecule has 2 aromatic rings. The summed E-state index contributed by atoms with van der Waals surface area (Å²) in [6, 6.07) is 5.58. The van der Waals surface area contributed by atoms with Crippen molar-refractivity contribution >= 4 is 34.8 Å². The molecule has 0 N–H and O–H groups in total. The van der Waals surface area contributed by atoms with Gasteiger partial charge in [-0.2, -0.15) is 0 Å². The highest BCUT2D eigenvalue weighted by molar-refractivity contribution is 6.34. The highest BCUT2D eigenvalue weighted by atomic mass is 35.5. The Balaban J connectivity index is 2.62. The van der Waals surface area contributed by atoms with Crippen LogP contribution < -0.4 is 0 Å². The largest absolute Gasteiger partial charge is 0.207 e. The summed E-state index contributed by atoms with van der Waals surface area (Å²) < 4.78 is 13.1.